The minimum absolute atomic E-state index is 0.633. The second-order valence-electron chi connectivity index (χ2n) is 5.52. The first-order valence-corrected chi connectivity index (χ1v) is 8.17. The fraction of sp³-hybridized carbons (Fsp3) is 0.294. The first-order valence-electron chi connectivity index (χ1n) is 7.36. The maximum atomic E-state index is 9.18. The van der Waals surface area contributed by atoms with E-state index < -0.39 is 0 Å². The lowest BCUT2D eigenvalue weighted by Gasteiger charge is -1.92. The lowest BCUT2D eigenvalue weighted by molar-refractivity contribution is 0.713. The number of benzene rings is 1. The summed E-state index contributed by atoms with van der Waals surface area (Å²) in [6, 6.07) is 10.2. The predicted octanol–water partition coefficient (Wildman–Crippen LogP) is 4.43. The molecule has 0 atom stereocenters. The Morgan fingerprint density at radius 1 is 1.19 bits per heavy atom. The molecule has 2 heterocycles. The molecule has 0 amide bonds. The number of thiophene rings is 1. The highest BCUT2D eigenvalue weighted by molar-refractivity contribution is 7.15. The van der Waals surface area contributed by atoms with Crippen molar-refractivity contribution < 1.29 is 0 Å². The van der Waals surface area contributed by atoms with Crippen LogP contribution in [0.5, 0.6) is 0 Å². The van der Waals surface area contributed by atoms with Crippen LogP contribution >= 0.6 is 11.3 Å². The van der Waals surface area contributed by atoms with Crippen molar-refractivity contribution in [2.75, 3.05) is 0 Å². The van der Waals surface area contributed by atoms with Crippen molar-refractivity contribution in [1.82, 2.24) is 9.97 Å². The molecule has 4 heteroatoms. The number of hydrogen-bond acceptors (Lipinski definition) is 3. The Morgan fingerprint density at radius 3 is 3.00 bits per heavy atom. The number of fused-ring (bicyclic) bond motifs is 2. The fourth-order valence-corrected chi connectivity index (χ4v) is 4.22. The standard InChI is InChI=1S/C17H15N3S/c18-10-12-6-4-7-13-16(12)20-17(19-13)15-9-11-5-2-1-3-8-14(11)21-15/h4,6-7,9H,1-3,5,8H2,(H,19,20). The van der Waals surface area contributed by atoms with Gasteiger partial charge in [0, 0.05) is 4.88 Å². The molecular weight excluding hydrogens is 278 g/mol. The number of aryl methyl sites for hydroxylation is 2. The molecule has 0 fully saturated rings. The van der Waals surface area contributed by atoms with Crippen LogP contribution in [0.1, 0.15) is 35.3 Å². The number of nitriles is 1. The Hall–Kier alpha value is -2.12. The number of aromatic amines is 1. The summed E-state index contributed by atoms with van der Waals surface area (Å²) in [5.41, 5.74) is 3.84. The van der Waals surface area contributed by atoms with Gasteiger partial charge in [-0.05, 0) is 49.4 Å². The van der Waals surface area contributed by atoms with Crippen LogP contribution in [-0.2, 0) is 12.8 Å². The minimum Gasteiger partial charge on any atom is -0.337 e. The van der Waals surface area contributed by atoms with Gasteiger partial charge in [0.05, 0.1) is 16.0 Å². The first kappa shape index (κ1) is 12.6. The summed E-state index contributed by atoms with van der Waals surface area (Å²) in [6.45, 7) is 0. The summed E-state index contributed by atoms with van der Waals surface area (Å²) < 4.78 is 0. The molecule has 1 aliphatic carbocycles. The summed E-state index contributed by atoms with van der Waals surface area (Å²) >= 11 is 1.85. The topological polar surface area (TPSA) is 52.5 Å². The second-order valence-corrected chi connectivity index (χ2v) is 6.66. The lowest BCUT2D eigenvalue weighted by Crippen LogP contribution is -1.81. The van der Waals surface area contributed by atoms with Crippen LogP contribution < -0.4 is 0 Å². The molecule has 0 saturated heterocycles. The predicted molar refractivity (Wildman–Crippen MR) is 85.4 cm³/mol. The van der Waals surface area contributed by atoms with Crippen molar-refractivity contribution in [2.24, 2.45) is 0 Å². The van der Waals surface area contributed by atoms with Gasteiger partial charge in [-0.2, -0.15) is 5.26 Å². The highest BCUT2D eigenvalue weighted by Crippen LogP contribution is 2.34. The van der Waals surface area contributed by atoms with Crippen LogP contribution in [0.15, 0.2) is 24.3 Å². The Kier molecular flexibility index (Phi) is 3.01. The van der Waals surface area contributed by atoms with E-state index in [4.69, 9.17) is 0 Å². The van der Waals surface area contributed by atoms with Gasteiger partial charge in [0.1, 0.15) is 17.4 Å². The van der Waals surface area contributed by atoms with Gasteiger partial charge in [0.15, 0.2) is 0 Å². The SMILES string of the molecule is N#Cc1cccc2[nH]c(-c3cc4c(s3)CCCCC4)nc12. The Bertz CT molecular complexity index is 827. The van der Waals surface area contributed by atoms with Crippen LogP contribution in [-0.4, -0.2) is 9.97 Å². The maximum absolute atomic E-state index is 9.18. The molecule has 0 unspecified atom stereocenters. The van der Waals surface area contributed by atoms with Gasteiger partial charge in [0.2, 0.25) is 0 Å². The average Bonchev–Trinajstić information content (AvgIpc) is 3.05. The molecule has 3 nitrogen and oxygen atoms in total. The van der Waals surface area contributed by atoms with Gasteiger partial charge in [-0.15, -0.1) is 11.3 Å². The molecule has 0 spiro atoms. The van der Waals surface area contributed by atoms with E-state index in [-0.39, 0.29) is 0 Å². The number of nitrogens with zero attached hydrogens (tertiary/aromatic N) is 2. The van der Waals surface area contributed by atoms with Crippen molar-refractivity contribution in [3.05, 3.63) is 40.3 Å². The largest absolute Gasteiger partial charge is 0.337 e. The Morgan fingerprint density at radius 2 is 2.10 bits per heavy atom. The minimum atomic E-state index is 0.633. The van der Waals surface area contributed by atoms with Crippen molar-refractivity contribution in [1.29, 1.82) is 5.26 Å². The molecule has 1 aliphatic rings. The normalized spacial score (nSPS) is 14.6. The molecule has 21 heavy (non-hydrogen) atoms. The molecule has 3 aromatic rings. The molecule has 4 rings (SSSR count). The number of imidazole rings is 1. The van der Waals surface area contributed by atoms with Gasteiger partial charge in [-0.25, -0.2) is 4.98 Å². The van der Waals surface area contributed by atoms with Crippen molar-refractivity contribution in [3.63, 3.8) is 0 Å². The number of para-hydroxylation sites is 1. The van der Waals surface area contributed by atoms with Crippen LogP contribution in [0.3, 0.4) is 0 Å². The highest BCUT2D eigenvalue weighted by Gasteiger charge is 2.16. The van der Waals surface area contributed by atoms with Gasteiger partial charge in [-0.3, -0.25) is 0 Å². The average molecular weight is 293 g/mol. The van der Waals surface area contributed by atoms with Crippen LogP contribution in [0, 0.1) is 11.3 Å². The third kappa shape index (κ3) is 2.14. The molecule has 0 bridgehead atoms. The van der Waals surface area contributed by atoms with Crippen molar-refractivity contribution in [2.45, 2.75) is 32.1 Å². The summed E-state index contributed by atoms with van der Waals surface area (Å²) in [5.74, 6) is 0.894. The lowest BCUT2D eigenvalue weighted by atomic mass is 10.1. The van der Waals surface area contributed by atoms with Crippen molar-refractivity contribution >= 4 is 22.4 Å². The second kappa shape index (κ2) is 5.01. The van der Waals surface area contributed by atoms with E-state index in [1.165, 1.54) is 47.4 Å². The molecule has 2 aromatic heterocycles. The molecular formula is C17H15N3S. The monoisotopic (exact) mass is 293 g/mol. The molecule has 0 saturated carbocycles. The van der Waals surface area contributed by atoms with E-state index in [1.807, 2.05) is 29.5 Å². The van der Waals surface area contributed by atoms with Crippen LogP contribution in [0.2, 0.25) is 0 Å². The smallest absolute Gasteiger partial charge is 0.148 e. The molecule has 1 N–H and O–H groups in total. The molecule has 0 aliphatic heterocycles. The zero-order chi connectivity index (χ0) is 14.2. The zero-order valence-electron chi connectivity index (χ0n) is 11.6. The van der Waals surface area contributed by atoms with E-state index in [0.717, 1.165) is 16.9 Å². The number of rotatable bonds is 1. The van der Waals surface area contributed by atoms with E-state index in [9.17, 15) is 5.26 Å². The van der Waals surface area contributed by atoms with Gasteiger partial charge in [0.25, 0.3) is 0 Å². The number of nitrogens with one attached hydrogen (secondary N) is 1. The van der Waals surface area contributed by atoms with E-state index >= 15 is 0 Å². The van der Waals surface area contributed by atoms with Crippen LogP contribution in [0.4, 0.5) is 0 Å². The molecule has 1 aromatic carbocycles. The Balaban J connectivity index is 1.82. The maximum Gasteiger partial charge on any atom is 0.148 e. The Labute approximate surface area is 127 Å². The summed E-state index contributed by atoms with van der Waals surface area (Å²) in [6.07, 6.45) is 6.32. The fourth-order valence-electron chi connectivity index (χ4n) is 3.02. The summed E-state index contributed by atoms with van der Waals surface area (Å²) in [7, 11) is 0. The number of aromatic nitrogens is 2. The quantitative estimate of drug-likeness (QED) is 0.675. The number of H-pyrrole nitrogens is 1. The summed E-state index contributed by atoms with van der Waals surface area (Å²) in [5, 5.41) is 9.18. The van der Waals surface area contributed by atoms with Gasteiger partial charge >= 0.3 is 0 Å². The number of hydrogen-bond donors (Lipinski definition) is 1. The van der Waals surface area contributed by atoms with Crippen molar-refractivity contribution in [3.8, 4) is 16.8 Å². The molecule has 0 radical (unpaired) electrons. The molecule has 104 valence electrons. The highest BCUT2D eigenvalue weighted by atomic mass is 32.1. The zero-order valence-corrected chi connectivity index (χ0v) is 12.5. The van der Waals surface area contributed by atoms with Gasteiger partial charge in [-0.1, -0.05) is 12.5 Å². The van der Waals surface area contributed by atoms with Crippen LogP contribution in [0.25, 0.3) is 21.7 Å². The third-order valence-electron chi connectivity index (χ3n) is 4.11. The van der Waals surface area contributed by atoms with E-state index in [2.05, 4.69) is 22.1 Å². The van der Waals surface area contributed by atoms with E-state index in [0.29, 0.717) is 5.56 Å². The van der Waals surface area contributed by atoms with Gasteiger partial charge < -0.3 is 4.98 Å². The first-order chi connectivity index (χ1) is 10.3. The van der Waals surface area contributed by atoms with E-state index in [1.54, 1.807) is 0 Å². The summed E-state index contributed by atoms with van der Waals surface area (Å²) in [4.78, 5) is 10.7. The third-order valence-corrected chi connectivity index (χ3v) is 5.36.